The molecule has 89 valence electrons. The molecular weight excluding hydrogens is 216 g/mol. The average Bonchev–Trinajstić information content (AvgIpc) is 2.32. The summed E-state index contributed by atoms with van der Waals surface area (Å²) >= 11 is 0. The van der Waals surface area contributed by atoms with Gasteiger partial charge in [0, 0.05) is 32.1 Å². The third-order valence-electron chi connectivity index (χ3n) is 2.83. The molecule has 2 rings (SSSR count). The lowest BCUT2D eigenvalue weighted by atomic mass is 10.0. The van der Waals surface area contributed by atoms with E-state index in [-0.39, 0.29) is 11.8 Å². The Bertz CT molecular complexity index is 443. The van der Waals surface area contributed by atoms with Crippen molar-refractivity contribution in [3.8, 4) is 0 Å². The summed E-state index contributed by atoms with van der Waals surface area (Å²) in [6.07, 6.45) is 1.31. The molecule has 0 bridgehead atoms. The van der Waals surface area contributed by atoms with Crippen LogP contribution in [-0.2, 0) is 16.0 Å². The second-order valence-corrected chi connectivity index (χ2v) is 4.08. The number of amides is 2. The molecule has 0 saturated heterocycles. The fourth-order valence-electron chi connectivity index (χ4n) is 2.02. The SMILES string of the molecule is CC(=O)NCCN1C(=O)CCc2c[c]ccc21. The molecule has 0 saturated carbocycles. The number of anilines is 1. The molecule has 0 unspecified atom stereocenters. The monoisotopic (exact) mass is 231 g/mol. The molecule has 2 amide bonds. The maximum atomic E-state index is 11.8. The first kappa shape index (κ1) is 11.6. The van der Waals surface area contributed by atoms with Crippen LogP contribution in [0.1, 0.15) is 18.9 Å². The van der Waals surface area contributed by atoms with Crippen LogP contribution in [0.3, 0.4) is 0 Å². The van der Waals surface area contributed by atoms with Gasteiger partial charge in [-0.1, -0.05) is 6.07 Å². The Morgan fingerprint density at radius 2 is 2.35 bits per heavy atom. The minimum absolute atomic E-state index is 0.0731. The summed E-state index contributed by atoms with van der Waals surface area (Å²) in [7, 11) is 0. The largest absolute Gasteiger partial charge is 0.355 e. The van der Waals surface area contributed by atoms with Crippen molar-refractivity contribution in [3.05, 3.63) is 29.8 Å². The molecule has 1 N–H and O–H groups in total. The van der Waals surface area contributed by atoms with Crippen molar-refractivity contribution >= 4 is 17.5 Å². The third kappa shape index (κ3) is 2.64. The van der Waals surface area contributed by atoms with E-state index in [1.807, 2.05) is 18.2 Å². The van der Waals surface area contributed by atoms with Crippen LogP contribution < -0.4 is 10.2 Å². The molecule has 0 atom stereocenters. The lowest BCUT2D eigenvalue weighted by Crippen LogP contribution is -2.40. The number of hydrogen-bond acceptors (Lipinski definition) is 2. The molecule has 0 spiro atoms. The summed E-state index contributed by atoms with van der Waals surface area (Å²) in [6.45, 7) is 2.48. The van der Waals surface area contributed by atoms with Crippen molar-refractivity contribution in [1.29, 1.82) is 0 Å². The maximum absolute atomic E-state index is 11.8. The van der Waals surface area contributed by atoms with E-state index in [1.165, 1.54) is 6.92 Å². The van der Waals surface area contributed by atoms with E-state index in [0.717, 1.165) is 17.7 Å². The molecule has 1 radical (unpaired) electrons. The van der Waals surface area contributed by atoms with Gasteiger partial charge in [-0.05, 0) is 30.2 Å². The highest BCUT2D eigenvalue weighted by Crippen LogP contribution is 2.26. The first-order valence-electron chi connectivity index (χ1n) is 5.72. The molecule has 1 aliphatic heterocycles. The molecule has 4 nitrogen and oxygen atoms in total. The molecule has 1 aromatic carbocycles. The molecular formula is C13H15N2O2. The number of carbonyl (C=O) groups is 2. The molecule has 17 heavy (non-hydrogen) atoms. The Morgan fingerprint density at radius 3 is 3.12 bits per heavy atom. The van der Waals surface area contributed by atoms with Gasteiger partial charge < -0.3 is 10.2 Å². The van der Waals surface area contributed by atoms with E-state index in [2.05, 4.69) is 11.4 Å². The lowest BCUT2D eigenvalue weighted by Gasteiger charge is -2.29. The Kier molecular flexibility index (Phi) is 3.42. The van der Waals surface area contributed by atoms with Gasteiger partial charge >= 0.3 is 0 Å². The number of fused-ring (bicyclic) bond motifs is 1. The summed E-state index contributed by atoms with van der Waals surface area (Å²) in [6, 6.07) is 8.66. The average molecular weight is 231 g/mol. The van der Waals surface area contributed by atoms with Crippen molar-refractivity contribution in [2.45, 2.75) is 19.8 Å². The standard InChI is InChI=1S/C13H15N2O2/c1-10(16)14-8-9-15-12-5-3-2-4-11(12)6-7-13(15)17/h3-5H,6-9H2,1H3,(H,14,16). The number of hydrogen-bond donors (Lipinski definition) is 1. The normalized spacial score (nSPS) is 14.4. The van der Waals surface area contributed by atoms with Crippen LogP contribution in [0.25, 0.3) is 0 Å². The number of nitrogens with zero attached hydrogens (tertiary/aromatic N) is 1. The second-order valence-electron chi connectivity index (χ2n) is 4.08. The van der Waals surface area contributed by atoms with Crippen molar-refractivity contribution in [3.63, 3.8) is 0 Å². The number of carbonyl (C=O) groups excluding carboxylic acids is 2. The van der Waals surface area contributed by atoms with E-state index < -0.39 is 0 Å². The zero-order valence-corrected chi connectivity index (χ0v) is 9.82. The second kappa shape index (κ2) is 4.99. The summed E-state index contributed by atoms with van der Waals surface area (Å²) in [5, 5.41) is 2.70. The number of benzene rings is 1. The van der Waals surface area contributed by atoms with Crippen molar-refractivity contribution in [2.24, 2.45) is 0 Å². The van der Waals surface area contributed by atoms with Gasteiger partial charge in [-0.25, -0.2) is 0 Å². The maximum Gasteiger partial charge on any atom is 0.227 e. The predicted octanol–water partition coefficient (Wildman–Crippen LogP) is 0.902. The van der Waals surface area contributed by atoms with Gasteiger partial charge in [0.15, 0.2) is 0 Å². The first-order valence-corrected chi connectivity index (χ1v) is 5.72. The topological polar surface area (TPSA) is 49.4 Å². The summed E-state index contributed by atoms with van der Waals surface area (Å²) in [4.78, 5) is 24.4. The van der Waals surface area contributed by atoms with Gasteiger partial charge in [-0.2, -0.15) is 0 Å². The summed E-state index contributed by atoms with van der Waals surface area (Å²) in [5.41, 5.74) is 2.10. The number of aryl methyl sites for hydroxylation is 1. The van der Waals surface area contributed by atoms with E-state index in [1.54, 1.807) is 4.90 Å². The fraction of sp³-hybridized carbons (Fsp3) is 0.385. The van der Waals surface area contributed by atoms with Crippen molar-refractivity contribution in [2.75, 3.05) is 18.0 Å². The Morgan fingerprint density at radius 1 is 1.53 bits per heavy atom. The van der Waals surface area contributed by atoms with Crippen molar-refractivity contribution < 1.29 is 9.59 Å². The fourth-order valence-corrected chi connectivity index (χ4v) is 2.02. The van der Waals surface area contributed by atoms with E-state index in [9.17, 15) is 9.59 Å². The number of nitrogens with one attached hydrogen (secondary N) is 1. The molecule has 1 aliphatic rings. The molecule has 0 aliphatic carbocycles. The minimum atomic E-state index is -0.0731. The lowest BCUT2D eigenvalue weighted by molar-refractivity contribution is -0.120. The summed E-state index contributed by atoms with van der Waals surface area (Å²) in [5.74, 6) is 0.0464. The third-order valence-corrected chi connectivity index (χ3v) is 2.83. The highest BCUT2D eigenvalue weighted by molar-refractivity contribution is 5.96. The van der Waals surface area contributed by atoms with Gasteiger partial charge in [-0.15, -0.1) is 0 Å². The molecule has 0 aromatic heterocycles. The Hall–Kier alpha value is -1.84. The zero-order chi connectivity index (χ0) is 12.3. The molecule has 1 heterocycles. The smallest absolute Gasteiger partial charge is 0.227 e. The minimum Gasteiger partial charge on any atom is -0.355 e. The highest BCUT2D eigenvalue weighted by atomic mass is 16.2. The van der Waals surface area contributed by atoms with Crippen LogP contribution in [0.5, 0.6) is 0 Å². The van der Waals surface area contributed by atoms with Gasteiger partial charge in [0.25, 0.3) is 0 Å². The predicted molar refractivity (Wildman–Crippen MR) is 64.6 cm³/mol. The van der Waals surface area contributed by atoms with Crippen LogP contribution in [0.2, 0.25) is 0 Å². The highest BCUT2D eigenvalue weighted by Gasteiger charge is 2.22. The van der Waals surface area contributed by atoms with Crippen LogP contribution in [0.15, 0.2) is 18.2 Å². The van der Waals surface area contributed by atoms with Gasteiger partial charge in [0.1, 0.15) is 0 Å². The van der Waals surface area contributed by atoms with Crippen LogP contribution >= 0.6 is 0 Å². The Labute approximate surface area is 101 Å². The van der Waals surface area contributed by atoms with Crippen LogP contribution in [0.4, 0.5) is 5.69 Å². The van der Waals surface area contributed by atoms with Crippen molar-refractivity contribution in [1.82, 2.24) is 5.32 Å². The van der Waals surface area contributed by atoms with Gasteiger partial charge in [0.05, 0.1) is 0 Å². The van der Waals surface area contributed by atoms with E-state index in [4.69, 9.17) is 0 Å². The van der Waals surface area contributed by atoms with E-state index >= 15 is 0 Å². The first-order chi connectivity index (χ1) is 8.18. The molecule has 1 aromatic rings. The number of rotatable bonds is 3. The Balaban J connectivity index is 2.10. The zero-order valence-electron chi connectivity index (χ0n) is 9.82. The quantitative estimate of drug-likeness (QED) is 0.840. The summed E-state index contributed by atoms with van der Waals surface area (Å²) < 4.78 is 0. The van der Waals surface area contributed by atoms with Crippen LogP contribution in [0, 0.1) is 6.07 Å². The van der Waals surface area contributed by atoms with Gasteiger partial charge in [0.2, 0.25) is 11.8 Å². The molecule has 4 heteroatoms. The van der Waals surface area contributed by atoms with E-state index in [0.29, 0.717) is 19.5 Å². The van der Waals surface area contributed by atoms with Gasteiger partial charge in [-0.3, -0.25) is 9.59 Å². The molecule has 0 fully saturated rings. The van der Waals surface area contributed by atoms with Crippen LogP contribution in [-0.4, -0.2) is 24.9 Å².